The van der Waals surface area contributed by atoms with Crippen LogP contribution in [0.3, 0.4) is 0 Å². The summed E-state index contributed by atoms with van der Waals surface area (Å²) in [5.41, 5.74) is 0. The van der Waals surface area contributed by atoms with E-state index in [4.69, 9.17) is 0 Å². The Balaban J connectivity index is 1.56. The molecule has 0 radical (unpaired) electrons. The van der Waals surface area contributed by atoms with Gasteiger partial charge in [0.05, 0.1) is 23.2 Å². The van der Waals surface area contributed by atoms with Crippen molar-refractivity contribution in [1.29, 1.82) is 0 Å². The van der Waals surface area contributed by atoms with Crippen molar-refractivity contribution in [3.8, 4) is 0 Å². The monoisotopic (exact) mass is 365 g/mol. The molecule has 3 rings (SSSR count). The largest absolute Gasteiger partial charge is 0.351 e. The van der Waals surface area contributed by atoms with Gasteiger partial charge in [-0.15, -0.1) is 16.4 Å². The second-order valence-electron chi connectivity index (χ2n) is 5.73. The van der Waals surface area contributed by atoms with Crippen LogP contribution >= 0.6 is 23.1 Å². The summed E-state index contributed by atoms with van der Waals surface area (Å²) in [5, 5.41) is 15.3. The first-order valence-electron chi connectivity index (χ1n) is 7.90. The third kappa shape index (κ3) is 4.21. The molecule has 7 nitrogen and oxygen atoms in total. The number of nitrogens with zero attached hydrogens (tertiary/aromatic N) is 4. The van der Waals surface area contributed by atoms with Gasteiger partial charge in [0.25, 0.3) is 0 Å². The Kier molecular flexibility index (Phi) is 5.62. The van der Waals surface area contributed by atoms with Gasteiger partial charge in [0.2, 0.25) is 11.1 Å². The van der Waals surface area contributed by atoms with Gasteiger partial charge in [0.1, 0.15) is 0 Å². The fourth-order valence-corrected chi connectivity index (χ4v) is 4.50. The standard InChI is InChI=1S/C15H19N5O2S2/c1-10(21)16-8-12-6-7-14(24-12)13(22)9-23-15-17-18-19-20(15)11-4-2-3-5-11/h6-7,11H,2-5,8-9H2,1H3,(H,16,21). The lowest BCUT2D eigenvalue weighted by Gasteiger charge is -2.10. The maximum atomic E-state index is 12.3. The Hall–Kier alpha value is -1.74. The number of hydrogen-bond donors (Lipinski definition) is 1. The summed E-state index contributed by atoms with van der Waals surface area (Å²) in [6.45, 7) is 1.94. The number of tetrazole rings is 1. The molecule has 0 spiro atoms. The van der Waals surface area contributed by atoms with Crippen LogP contribution in [0.15, 0.2) is 17.3 Å². The molecule has 0 aromatic carbocycles. The molecule has 0 saturated heterocycles. The minimum atomic E-state index is -0.0782. The van der Waals surface area contributed by atoms with Gasteiger partial charge in [0, 0.05) is 11.8 Å². The van der Waals surface area contributed by atoms with Crippen molar-refractivity contribution in [2.75, 3.05) is 5.75 Å². The minimum Gasteiger partial charge on any atom is -0.351 e. The molecule has 1 aliphatic rings. The average molecular weight is 365 g/mol. The molecule has 1 fully saturated rings. The predicted octanol–water partition coefficient (Wildman–Crippen LogP) is 2.46. The highest BCUT2D eigenvalue weighted by Gasteiger charge is 2.22. The summed E-state index contributed by atoms with van der Waals surface area (Å²) in [5.74, 6) is 0.290. The van der Waals surface area contributed by atoms with Crippen LogP contribution in [0.5, 0.6) is 0 Å². The zero-order chi connectivity index (χ0) is 16.9. The van der Waals surface area contributed by atoms with Crippen LogP contribution in [-0.2, 0) is 11.3 Å². The zero-order valence-corrected chi connectivity index (χ0v) is 15.0. The zero-order valence-electron chi connectivity index (χ0n) is 13.4. The van der Waals surface area contributed by atoms with Gasteiger partial charge in [0.15, 0.2) is 5.78 Å². The van der Waals surface area contributed by atoms with Crippen molar-refractivity contribution in [2.45, 2.75) is 50.4 Å². The molecule has 1 amide bonds. The fourth-order valence-electron chi connectivity index (χ4n) is 2.69. The molecular formula is C15H19N5O2S2. The molecule has 0 aliphatic heterocycles. The number of carbonyl (C=O) groups excluding carboxylic acids is 2. The molecule has 24 heavy (non-hydrogen) atoms. The number of nitrogens with one attached hydrogen (secondary N) is 1. The predicted molar refractivity (Wildman–Crippen MR) is 92.2 cm³/mol. The molecule has 9 heteroatoms. The highest BCUT2D eigenvalue weighted by atomic mass is 32.2. The Morgan fingerprint density at radius 1 is 1.38 bits per heavy atom. The molecule has 0 atom stereocenters. The van der Waals surface area contributed by atoms with E-state index in [1.165, 1.54) is 42.9 Å². The Bertz CT molecular complexity index is 721. The Labute approximate surface area is 148 Å². The third-order valence-electron chi connectivity index (χ3n) is 3.91. The number of carbonyl (C=O) groups is 2. The van der Waals surface area contributed by atoms with Crippen LogP contribution in [-0.4, -0.2) is 37.7 Å². The van der Waals surface area contributed by atoms with E-state index in [0.29, 0.717) is 28.4 Å². The van der Waals surface area contributed by atoms with Crippen LogP contribution in [0.1, 0.15) is 53.2 Å². The van der Waals surface area contributed by atoms with Crippen molar-refractivity contribution >= 4 is 34.8 Å². The summed E-state index contributed by atoms with van der Waals surface area (Å²) < 4.78 is 1.86. The van der Waals surface area contributed by atoms with Crippen molar-refractivity contribution in [1.82, 2.24) is 25.5 Å². The third-order valence-corrected chi connectivity index (χ3v) is 5.97. The summed E-state index contributed by atoms with van der Waals surface area (Å²) in [6.07, 6.45) is 4.62. The van der Waals surface area contributed by atoms with Crippen LogP contribution < -0.4 is 5.32 Å². The van der Waals surface area contributed by atoms with E-state index in [1.807, 2.05) is 16.8 Å². The number of amides is 1. The summed E-state index contributed by atoms with van der Waals surface area (Å²) in [6, 6.07) is 4.05. The summed E-state index contributed by atoms with van der Waals surface area (Å²) in [7, 11) is 0. The van der Waals surface area contributed by atoms with Crippen molar-refractivity contribution in [2.24, 2.45) is 0 Å². The molecule has 1 aliphatic carbocycles. The van der Waals surface area contributed by atoms with Gasteiger partial charge in [-0.05, 0) is 35.4 Å². The molecular weight excluding hydrogens is 346 g/mol. The summed E-state index contributed by atoms with van der Waals surface area (Å²) >= 11 is 2.80. The molecule has 128 valence electrons. The maximum absolute atomic E-state index is 12.3. The highest BCUT2D eigenvalue weighted by Crippen LogP contribution is 2.31. The number of aromatic nitrogens is 4. The van der Waals surface area contributed by atoms with Gasteiger partial charge in [-0.3, -0.25) is 9.59 Å². The van der Waals surface area contributed by atoms with Crippen molar-refractivity contribution in [3.05, 3.63) is 21.9 Å². The maximum Gasteiger partial charge on any atom is 0.217 e. The Morgan fingerprint density at radius 3 is 2.92 bits per heavy atom. The number of Topliss-reactive ketones (excluding diaryl/α,β-unsaturated/α-hetero) is 1. The molecule has 2 heterocycles. The van der Waals surface area contributed by atoms with E-state index in [0.717, 1.165) is 17.7 Å². The molecule has 1 saturated carbocycles. The van der Waals surface area contributed by atoms with Gasteiger partial charge in [-0.1, -0.05) is 24.6 Å². The molecule has 0 bridgehead atoms. The quantitative estimate of drug-likeness (QED) is 0.599. The number of thioether (sulfide) groups is 1. The SMILES string of the molecule is CC(=O)NCc1ccc(C(=O)CSc2nnnn2C2CCCC2)s1. The lowest BCUT2D eigenvalue weighted by Crippen LogP contribution is -2.18. The van der Waals surface area contributed by atoms with E-state index >= 15 is 0 Å². The average Bonchev–Trinajstić information content (AvgIpc) is 3.31. The minimum absolute atomic E-state index is 0.0556. The van der Waals surface area contributed by atoms with Gasteiger partial charge < -0.3 is 5.32 Å². The van der Waals surface area contributed by atoms with E-state index in [1.54, 1.807) is 0 Å². The molecule has 2 aromatic rings. The first-order valence-corrected chi connectivity index (χ1v) is 9.70. The van der Waals surface area contributed by atoms with Crippen molar-refractivity contribution in [3.63, 3.8) is 0 Å². The smallest absolute Gasteiger partial charge is 0.217 e. The van der Waals surface area contributed by atoms with E-state index in [9.17, 15) is 9.59 Å². The normalized spacial score (nSPS) is 14.9. The second-order valence-corrected chi connectivity index (χ2v) is 7.84. The lowest BCUT2D eigenvalue weighted by atomic mass is 10.3. The molecule has 1 N–H and O–H groups in total. The first-order chi connectivity index (χ1) is 11.6. The topological polar surface area (TPSA) is 89.8 Å². The fraction of sp³-hybridized carbons (Fsp3) is 0.533. The van der Waals surface area contributed by atoms with Crippen LogP contribution in [0.25, 0.3) is 0 Å². The van der Waals surface area contributed by atoms with Gasteiger partial charge >= 0.3 is 0 Å². The number of thiophene rings is 1. The van der Waals surface area contributed by atoms with E-state index in [-0.39, 0.29) is 11.7 Å². The first kappa shape index (κ1) is 17.1. The number of ketones is 1. The number of rotatable bonds is 7. The van der Waals surface area contributed by atoms with E-state index in [2.05, 4.69) is 20.8 Å². The van der Waals surface area contributed by atoms with Crippen LogP contribution in [0.4, 0.5) is 0 Å². The van der Waals surface area contributed by atoms with Gasteiger partial charge in [-0.25, -0.2) is 4.68 Å². The number of hydrogen-bond acceptors (Lipinski definition) is 7. The van der Waals surface area contributed by atoms with Crippen LogP contribution in [0.2, 0.25) is 0 Å². The second kappa shape index (κ2) is 7.89. The van der Waals surface area contributed by atoms with Crippen LogP contribution in [0, 0.1) is 0 Å². The summed E-state index contributed by atoms with van der Waals surface area (Å²) in [4.78, 5) is 24.9. The highest BCUT2D eigenvalue weighted by molar-refractivity contribution is 7.99. The molecule has 0 unspecified atom stereocenters. The van der Waals surface area contributed by atoms with Gasteiger partial charge in [-0.2, -0.15) is 0 Å². The Morgan fingerprint density at radius 2 is 2.17 bits per heavy atom. The van der Waals surface area contributed by atoms with Crippen molar-refractivity contribution < 1.29 is 9.59 Å². The van der Waals surface area contributed by atoms with E-state index < -0.39 is 0 Å². The molecule has 2 aromatic heterocycles. The lowest BCUT2D eigenvalue weighted by molar-refractivity contribution is -0.119.